The van der Waals surface area contributed by atoms with Gasteiger partial charge in [0.1, 0.15) is 11.6 Å². The molecule has 0 bridgehead atoms. The molecular formula is C31H31F5N4O3. The Kier molecular flexibility index (Phi) is 8.57. The second-order valence-corrected chi connectivity index (χ2v) is 10.9. The third kappa shape index (κ3) is 7.60. The smallest absolute Gasteiger partial charge is 0.416 e. The average Bonchev–Trinajstić information content (AvgIpc) is 3.78. The van der Waals surface area contributed by atoms with E-state index in [9.17, 15) is 31.5 Å². The van der Waals surface area contributed by atoms with Crippen LogP contribution in [0.3, 0.4) is 0 Å². The predicted molar refractivity (Wildman–Crippen MR) is 150 cm³/mol. The maximum atomic E-state index is 13.7. The van der Waals surface area contributed by atoms with E-state index in [1.54, 1.807) is 12.3 Å². The van der Waals surface area contributed by atoms with Crippen LogP contribution >= 0.6 is 0 Å². The molecule has 228 valence electrons. The lowest BCUT2D eigenvalue weighted by molar-refractivity contribution is -0.137. The van der Waals surface area contributed by atoms with Gasteiger partial charge in [-0.1, -0.05) is 18.2 Å². The fraction of sp³-hybridized carbons (Fsp3) is 0.387. The Hall–Kier alpha value is -4.22. The van der Waals surface area contributed by atoms with E-state index in [-0.39, 0.29) is 54.3 Å². The number of nitrogens with zero attached hydrogens (tertiary/aromatic N) is 2. The number of pyridine rings is 1. The molecule has 2 amide bonds. The van der Waals surface area contributed by atoms with Gasteiger partial charge in [-0.05, 0) is 71.8 Å². The van der Waals surface area contributed by atoms with Crippen molar-refractivity contribution in [2.75, 3.05) is 32.0 Å². The number of hydrogen-bond acceptors (Lipinski definition) is 5. The van der Waals surface area contributed by atoms with Gasteiger partial charge in [-0.3, -0.25) is 9.59 Å². The van der Waals surface area contributed by atoms with E-state index in [2.05, 4.69) is 10.3 Å². The minimum atomic E-state index is -4.62. The molecule has 0 radical (unpaired) electrons. The van der Waals surface area contributed by atoms with Crippen molar-refractivity contribution in [3.05, 3.63) is 77.5 Å². The van der Waals surface area contributed by atoms with E-state index in [1.807, 2.05) is 6.07 Å². The molecule has 3 aromatic rings. The van der Waals surface area contributed by atoms with Crippen molar-refractivity contribution in [2.24, 2.45) is 5.92 Å². The molecule has 7 nitrogen and oxygen atoms in total. The number of carbonyl (C=O) groups is 2. The van der Waals surface area contributed by atoms with Crippen molar-refractivity contribution in [3.8, 4) is 16.9 Å². The summed E-state index contributed by atoms with van der Waals surface area (Å²) in [6.07, 6.45) is -2.65. The first kappa shape index (κ1) is 30.2. The van der Waals surface area contributed by atoms with Gasteiger partial charge < -0.3 is 20.7 Å². The van der Waals surface area contributed by atoms with Crippen molar-refractivity contribution >= 4 is 17.6 Å². The molecule has 0 spiro atoms. The number of rotatable bonds is 9. The number of hydrogen-bond donors (Lipinski definition) is 2. The molecule has 2 fully saturated rings. The summed E-state index contributed by atoms with van der Waals surface area (Å²) in [6, 6.07) is 12.9. The Balaban J connectivity index is 1.16. The quantitative estimate of drug-likeness (QED) is 0.235. The SMILES string of the molecule is Nc1ccc(C2CC2C(=O)NCCCOc2cc(-c3ccc(C(=O)N4CCC(F)(F)CC4)cc3)cc(C(F)(F)F)c2)cn1. The monoisotopic (exact) mass is 602 g/mol. The van der Waals surface area contributed by atoms with Crippen LogP contribution in [-0.2, 0) is 11.0 Å². The van der Waals surface area contributed by atoms with Crippen LogP contribution in [0.15, 0.2) is 60.8 Å². The molecule has 2 heterocycles. The van der Waals surface area contributed by atoms with Crippen LogP contribution in [0.25, 0.3) is 11.1 Å². The van der Waals surface area contributed by atoms with Gasteiger partial charge in [-0.25, -0.2) is 13.8 Å². The highest BCUT2D eigenvalue weighted by Crippen LogP contribution is 2.47. The molecule has 1 saturated heterocycles. The summed E-state index contributed by atoms with van der Waals surface area (Å²) in [5.41, 5.74) is 6.60. The fourth-order valence-electron chi connectivity index (χ4n) is 5.13. The summed E-state index contributed by atoms with van der Waals surface area (Å²) in [5.74, 6) is -2.90. The van der Waals surface area contributed by atoms with E-state index in [0.717, 1.165) is 17.7 Å². The van der Waals surface area contributed by atoms with E-state index < -0.39 is 36.4 Å². The van der Waals surface area contributed by atoms with Gasteiger partial charge >= 0.3 is 6.18 Å². The summed E-state index contributed by atoms with van der Waals surface area (Å²) < 4.78 is 73.5. The molecular weight excluding hydrogens is 571 g/mol. The molecule has 2 unspecified atom stereocenters. The number of nitrogens with one attached hydrogen (secondary N) is 1. The number of anilines is 1. The fourth-order valence-corrected chi connectivity index (χ4v) is 5.13. The van der Waals surface area contributed by atoms with Crippen LogP contribution in [0.1, 0.15) is 53.1 Å². The predicted octanol–water partition coefficient (Wildman–Crippen LogP) is 5.91. The first-order chi connectivity index (χ1) is 20.4. The number of ether oxygens (including phenoxy) is 1. The zero-order valence-electron chi connectivity index (χ0n) is 23.2. The highest BCUT2D eigenvalue weighted by Gasteiger charge is 2.44. The number of nitrogens with two attached hydrogens (primary N) is 1. The third-order valence-corrected chi connectivity index (χ3v) is 7.73. The average molecular weight is 603 g/mol. The molecule has 1 aliphatic carbocycles. The van der Waals surface area contributed by atoms with Gasteiger partial charge in [-0.2, -0.15) is 13.2 Å². The van der Waals surface area contributed by atoms with Crippen LogP contribution in [0.5, 0.6) is 5.75 Å². The number of amides is 2. The molecule has 3 N–H and O–H groups in total. The number of carbonyl (C=O) groups excluding carboxylic acids is 2. The zero-order chi connectivity index (χ0) is 30.8. The molecule has 2 aromatic carbocycles. The summed E-state index contributed by atoms with van der Waals surface area (Å²) in [5, 5.41) is 2.84. The van der Waals surface area contributed by atoms with E-state index in [4.69, 9.17) is 10.5 Å². The number of aromatic nitrogens is 1. The summed E-state index contributed by atoms with van der Waals surface area (Å²) in [6.45, 7) is 0.263. The van der Waals surface area contributed by atoms with Crippen molar-refractivity contribution in [2.45, 2.75) is 43.7 Å². The number of likely N-dealkylation sites (tertiary alicyclic amines) is 1. The van der Waals surface area contributed by atoms with E-state index in [0.29, 0.717) is 30.8 Å². The third-order valence-electron chi connectivity index (χ3n) is 7.73. The molecule has 5 rings (SSSR count). The Morgan fingerprint density at radius 3 is 2.40 bits per heavy atom. The van der Waals surface area contributed by atoms with E-state index >= 15 is 0 Å². The summed E-state index contributed by atoms with van der Waals surface area (Å²) >= 11 is 0. The Morgan fingerprint density at radius 1 is 1.02 bits per heavy atom. The normalized spacial score (nSPS) is 19.5. The lowest BCUT2D eigenvalue weighted by Crippen LogP contribution is -2.42. The summed E-state index contributed by atoms with van der Waals surface area (Å²) in [4.78, 5) is 30.6. The lowest BCUT2D eigenvalue weighted by atomic mass is 10.00. The van der Waals surface area contributed by atoms with Gasteiger partial charge in [-0.15, -0.1) is 0 Å². The van der Waals surface area contributed by atoms with Gasteiger partial charge in [0.2, 0.25) is 5.91 Å². The van der Waals surface area contributed by atoms with E-state index in [1.165, 1.54) is 35.2 Å². The maximum absolute atomic E-state index is 13.7. The second-order valence-electron chi connectivity index (χ2n) is 10.9. The molecule has 2 atom stereocenters. The highest BCUT2D eigenvalue weighted by molar-refractivity contribution is 5.94. The number of halogens is 5. The minimum absolute atomic E-state index is 0.0173. The molecule has 12 heteroatoms. The second kappa shape index (κ2) is 12.2. The van der Waals surface area contributed by atoms with Crippen molar-refractivity contribution < 1.29 is 36.3 Å². The van der Waals surface area contributed by atoms with Crippen LogP contribution in [0, 0.1) is 5.92 Å². The Morgan fingerprint density at radius 2 is 1.74 bits per heavy atom. The lowest BCUT2D eigenvalue weighted by Gasteiger charge is -2.31. The maximum Gasteiger partial charge on any atom is 0.416 e. The first-order valence-electron chi connectivity index (χ1n) is 14.0. The Bertz CT molecular complexity index is 1450. The van der Waals surface area contributed by atoms with Gasteiger partial charge in [0.05, 0.1) is 12.2 Å². The van der Waals surface area contributed by atoms with Crippen molar-refractivity contribution in [1.29, 1.82) is 0 Å². The molecule has 1 aromatic heterocycles. The van der Waals surface area contributed by atoms with Crippen LogP contribution in [0.2, 0.25) is 0 Å². The molecule has 2 aliphatic rings. The van der Waals surface area contributed by atoms with Crippen molar-refractivity contribution in [1.82, 2.24) is 15.2 Å². The topological polar surface area (TPSA) is 97.6 Å². The van der Waals surface area contributed by atoms with Crippen LogP contribution in [0.4, 0.5) is 27.8 Å². The van der Waals surface area contributed by atoms with Gasteiger partial charge in [0, 0.05) is 50.2 Å². The minimum Gasteiger partial charge on any atom is -0.493 e. The largest absolute Gasteiger partial charge is 0.493 e. The van der Waals surface area contributed by atoms with Gasteiger partial charge in [0.15, 0.2) is 0 Å². The summed E-state index contributed by atoms with van der Waals surface area (Å²) in [7, 11) is 0. The Labute approximate surface area is 245 Å². The van der Waals surface area contributed by atoms with Crippen LogP contribution in [-0.4, -0.2) is 53.9 Å². The molecule has 1 aliphatic heterocycles. The number of benzene rings is 2. The number of piperidine rings is 1. The first-order valence-corrected chi connectivity index (χ1v) is 14.0. The number of nitrogen functional groups attached to an aromatic ring is 1. The van der Waals surface area contributed by atoms with Gasteiger partial charge in [0.25, 0.3) is 11.8 Å². The zero-order valence-corrected chi connectivity index (χ0v) is 23.2. The molecule has 43 heavy (non-hydrogen) atoms. The molecule has 1 saturated carbocycles. The van der Waals surface area contributed by atoms with Crippen LogP contribution < -0.4 is 15.8 Å². The number of alkyl halides is 5. The standard InChI is InChI=1S/C31H31F5N4O3/c32-30(33)8-11-40(12-9-30)29(42)20-4-2-19(3-5-20)22-14-23(31(34,35)36)16-24(15-22)43-13-1-10-38-28(41)26-17-25(26)21-6-7-27(37)39-18-21/h2-7,14-16,18,25-26H,1,8-13,17H2,(H2,37,39)(H,38,41). The highest BCUT2D eigenvalue weighted by atomic mass is 19.4. The van der Waals surface area contributed by atoms with Crippen molar-refractivity contribution in [3.63, 3.8) is 0 Å².